The lowest BCUT2D eigenvalue weighted by Crippen LogP contribution is -2.41. The van der Waals surface area contributed by atoms with E-state index in [2.05, 4.69) is 15.7 Å². The maximum absolute atomic E-state index is 12.0. The molecule has 0 aliphatic carbocycles. The second-order valence-electron chi connectivity index (χ2n) is 5.35. The van der Waals surface area contributed by atoms with Gasteiger partial charge in [-0.1, -0.05) is 24.3 Å². The molecule has 1 atom stereocenters. The number of hydrogen-bond donors (Lipinski definition) is 2. The maximum Gasteiger partial charge on any atom is 0.242 e. The van der Waals surface area contributed by atoms with E-state index >= 15 is 0 Å². The smallest absolute Gasteiger partial charge is 0.242 e. The number of hydrogen-bond acceptors (Lipinski definition) is 3. The fourth-order valence-corrected chi connectivity index (χ4v) is 2.57. The average Bonchev–Trinajstić information content (AvgIpc) is 3.18. The Morgan fingerprint density at radius 2 is 2.14 bits per heavy atom. The Morgan fingerprint density at radius 3 is 2.82 bits per heavy atom. The summed E-state index contributed by atoms with van der Waals surface area (Å²) < 4.78 is 1.85. The molecule has 1 aromatic heterocycles. The summed E-state index contributed by atoms with van der Waals surface area (Å²) in [6, 6.07) is 9.43. The minimum atomic E-state index is -0.397. The van der Waals surface area contributed by atoms with Gasteiger partial charge < -0.3 is 10.6 Å². The van der Waals surface area contributed by atoms with Gasteiger partial charge >= 0.3 is 0 Å². The molecule has 2 N–H and O–H groups in total. The first-order valence-electron chi connectivity index (χ1n) is 7.33. The summed E-state index contributed by atoms with van der Waals surface area (Å²) in [4.78, 5) is 23.2. The Balaban J connectivity index is 1.62. The molecule has 1 aliphatic rings. The quantitative estimate of drug-likeness (QED) is 0.858. The van der Waals surface area contributed by atoms with Gasteiger partial charge in [0.15, 0.2) is 0 Å². The van der Waals surface area contributed by atoms with E-state index in [0.717, 1.165) is 11.1 Å². The van der Waals surface area contributed by atoms with Gasteiger partial charge in [-0.05, 0) is 23.6 Å². The molecular weight excluding hydrogens is 280 g/mol. The molecule has 3 rings (SSSR count). The lowest BCUT2D eigenvalue weighted by molar-refractivity contribution is -0.125. The Hall–Kier alpha value is -2.63. The van der Waals surface area contributed by atoms with Crippen molar-refractivity contribution < 1.29 is 9.59 Å². The summed E-state index contributed by atoms with van der Waals surface area (Å²) in [5, 5.41) is 9.77. The maximum atomic E-state index is 12.0. The van der Waals surface area contributed by atoms with Crippen molar-refractivity contribution in [2.24, 2.45) is 0 Å². The van der Waals surface area contributed by atoms with Crippen molar-refractivity contribution in [3.8, 4) is 0 Å². The summed E-state index contributed by atoms with van der Waals surface area (Å²) in [7, 11) is 0. The summed E-state index contributed by atoms with van der Waals surface area (Å²) in [5.41, 5.74) is 2.16. The van der Waals surface area contributed by atoms with Crippen LogP contribution in [0.25, 0.3) is 0 Å². The summed E-state index contributed by atoms with van der Waals surface area (Å²) in [5.74, 6) is -0.182. The topological polar surface area (TPSA) is 76.0 Å². The van der Waals surface area contributed by atoms with Gasteiger partial charge in [-0.15, -0.1) is 0 Å². The molecule has 114 valence electrons. The van der Waals surface area contributed by atoms with E-state index in [1.807, 2.05) is 41.2 Å². The summed E-state index contributed by atoms with van der Waals surface area (Å²) in [6.45, 7) is 1.11. The molecule has 6 heteroatoms. The Morgan fingerprint density at radius 1 is 1.32 bits per heavy atom. The number of amides is 2. The van der Waals surface area contributed by atoms with Gasteiger partial charge in [0, 0.05) is 25.4 Å². The fourth-order valence-electron chi connectivity index (χ4n) is 2.57. The molecule has 0 spiro atoms. The monoisotopic (exact) mass is 298 g/mol. The van der Waals surface area contributed by atoms with Gasteiger partial charge in [0.05, 0.1) is 6.54 Å². The van der Waals surface area contributed by atoms with Crippen LogP contribution in [0.5, 0.6) is 0 Å². The molecule has 1 aliphatic heterocycles. The molecule has 1 fully saturated rings. The molecule has 1 saturated heterocycles. The van der Waals surface area contributed by atoms with Crippen LogP contribution >= 0.6 is 0 Å². The third-order valence-electron chi connectivity index (χ3n) is 3.77. The lowest BCUT2D eigenvalue weighted by Gasteiger charge is -2.13. The summed E-state index contributed by atoms with van der Waals surface area (Å²) in [6.07, 6.45) is 4.64. The van der Waals surface area contributed by atoms with Crippen molar-refractivity contribution in [2.75, 3.05) is 0 Å². The largest absolute Gasteiger partial charge is 0.350 e. The van der Waals surface area contributed by atoms with Crippen LogP contribution in [0.4, 0.5) is 0 Å². The summed E-state index contributed by atoms with van der Waals surface area (Å²) >= 11 is 0. The van der Waals surface area contributed by atoms with E-state index in [4.69, 9.17) is 0 Å². The predicted octanol–water partition coefficient (Wildman–Crippen LogP) is 0.826. The van der Waals surface area contributed by atoms with E-state index in [1.54, 1.807) is 6.20 Å². The minimum absolute atomic E-state index is 0.0563. The highest BCUT2D eigenvalue weighted by Crippen LogP contribution is 2.11. The van der Waals surface area contributed by atoms with Gasteiger partial charge in [0.25, 0.3) is 0 Å². The van der Waals surface area contributed by atoms with Gasteiger partial charge in [-0.25, -0.2) is 0 Å². The number of carbonyl (C=O) groups is 2. The van der Waals surface area contributed by atoms with E-state index in [-0.39, 0.29) is 11.8 Å². The number of carbonyl (C=O) groups excluding carboxylic acids is 2. The van der Waals surface area contributed by atoms with Crippen molar-refractivity contribution in [3.05, 3.63) is 53.9 Å². The van der Waals surface area contributed by atoms with Gasteiger partial charge in [-0.3, -0.25) is 14.3 Å². The Kier molecular flexibility index (Phi) is 4.18. The number of aromatic nitrogens is 2. The number of benzene rings is 1. The number of nitrogens with zero attached hydrogens (tertiary/aromatic N) is 2. The zero-order valence-corrected chi connectivity index (χ0v) is 12.2. The molecule has 1 aromatic carbocycles. The van der Waals surface area contributed by atoms with Gasteiger partial charge in [0.2, 0.25) is 11.8 Å². The van der Waals surface area contributed by atoms with Crippen molar-refractivity contribution in [2.45, 2.75) is 32.0 Å². The highest BCUT2D eigenvalue weighted by atomic mass is 16.2. The third kappa shape index (κ3) is 3.33. The van der Waals surface area contributed by atoms with E-state index < -0.39 is 6.04 Å². The first-order chi connectivity index (χ1) is 10.7. The molecule has 6 nitrogen and oxygen atoms in total. The molecule has 2 heterocycles. The Labute approximate surface area is 128 Å². The first-order valence-corrected chi connectivity index (χ1v) is 7.33. The molecule has 0 unspecified atom stereocenters. The van der Waals surface area contributed by atoms with Crippen LogP contribution < -0.4 is 10.6 Å². The van der Waals surface area contributed by atoms with Crippen LogP contribution in [-0.2, 0) is 22.7 Å². The highest BCUT2D eigenvalue weighted by Gasteiger charge is 2.26. The van der Waals surface area contributed by atoms with Crippen LogP contribution in [-0.4, -0.2) is 27.6 Å². The predicted molar refractivity (Wildman–Crippen MR) is 80.8 cm³/mol. The zero-order valence-electron chi connectivity index (χ0n) is 12.2. The molecule has 2 amide bonds. The lowest BCUT2D eigenvalue weighted by atomic mass is 10.1. The third-order valence-corrected chi connectivity index (χ3v) is 3.77. The SMILES string of the molecule is O=C1CC[C@H](C(=O)NCc2ccccc2Cn2cccn2)N1. The fraction of sp³-hybridized carbons (Fsp3) is 0.312. The normalized spacial score (nSPS) is 17.3. The van der Waals surface area contributed by atoms with Crippen molar-refractivity contribution >= 4 is 11.8 Å². The molecule has 0 saturated carbocycles. The first kappa shape index (κ1) is 14.3. The van der Waals surface area contributed by atoms with Crippen LogP contribution in [0.3, 0.4) is 0 Å². The average molecular weight is 298 g/mol. The number of nitrogens with one attached hydrogen (secondary N) is 2. The second-order valence-corrected chi connectivity index (χ2v) is 5.35. The molecular formula is C16H18N4O2. The second kappa shape index (κ2) is 6.43. The highest BCUT2D eigenvalue weighted by molar-refractivity contribution is 5.90. The van der Waals surface area contributed by atoms with E-state index in [9.17, 15) is 9.59 Å². The molecule has 2 aromatic rings. The molecule has 22 heavy (non-hydrogen) atoms. The zero-order chi connectivity index (χ0) is 15.4. The van der Waals surface area contributed by atoms with Crippen molar-refractivity contribution in [3.63, 3.8) is 0 Å². The standard InChI is InChI=1S/C16H18N4O2/c21-15-7-6-14(19-15)16(22)17-10-12-4-1-2-5-13(12)11-20-9-3-8-18-20/h1-5,8-9,14H,6-7,10-11H2,(H,17,22)(H,19,21)/t14-/m1/s1. The van der Waals surface area contributed by atoms with Crippen LogP contribution in [0.2, 0.25) is 0 Å². The van der Waals surface area contributed by atoms with Gasteiger partial charge in [-0.2, -0.15) is 5.10 Å². The number of rotatable bonds is 5. The van der Waals surface area contributed by atoms with Crippen molar-refractivity contribution in [1.29, 1.82) is 0 Å². The van der Waals surface area contributed by atoms with Crippen LogP contribution in [0, 0.1) is 0 Å². The van der Waals surface area contributed by atoms with Crippen molar-refractivity contribution in [1.82, 2.24) is 20.4 Å². The molecule has 0 bridgehead atoms. The minimum Gasteiger partial charge on any atom is -0.350 e. The van der Waals surface area contributed by atoms with Crippen LogP contribution in [0.15, 0.2) is 42.7 Å². The van der Waals surface area contributed by atoms with E-state index in [1.165, 1.54) is 0 Å². The Bertz CT molecular complexity index is 667. The molecule has 0 radical (unpaired) electrons. The van der Waals surface area contributed by atoms with Gasteiger partial charge in [0.1, 0.15) is 6.04 Å². The van der Waals surface area contributed by atoms with E-state index in [0.29, 0.717) is 25.9 Å². The van der Waals surface area contributed by atoms with Crippen LogP contribution in [0.1, 0.15) is 24.0 Å².